The van der Waals surface area contributed by atoms with Crippen molar-refractivity contribution in [2.75, 3.05) is 56.7 Å². The second-order valence-corrected chi connectivity index (χ2v) is 8.30. The molecule has 2 aromatic carbocycles. The van der Waals surface area contributed by atoms with Crippen LogP contribution in [0.1, 0.15) is 13.8 Å². The Kier molecular flexibility index (Phi) is 8.24. The van der Waals surface area contributed by atoms with Crippen molar-refractivity contribution in [1.29, 1.82) is 0 Å². The van der Waals surface area contributed by atoms with E-state index in [1.54, 1.807) is 0 Å². The number of fused-ring (bicyclic) bond motifs is 3. The normalized spacial score (nSPS) is 11.5. The van der Waals surface area contributed by atoms with Crippen LogP contribution in [0.15, 0.2) is 46.9 Å². The second-order valence-electron chi connectivity index (χ2n) is 8.30. The third kappa shape index (κ3) is 5.99. The third-order valence-corrected chi connectivity index (χ3v) is 5.11. The Morgan fingerprint density at radius 1 is 0.853 bits per heavy atom. The molecule has 0 spiro atoms. The van der Waals surface area contributed by atoms with Gasteiger partial charge in [-0.25, -0.2) is 0 Å². The Bertz CT molecular complexity index is 1210. The Hall–Kier alpha value is -3.27. The smallest absolute Gasteiger partial charge is 0.228 e. The highest BCUT2D eigenvalue weighted by molar-refractivity contribution is 6.09. The highest BCUT2D eigenvalue weighted by Gasteiger charge is 2.16. The van der Waals surface area contributed by atoms with Gasteiger partial charge >= 0.3 is 0 Å². The lowest BCUT2D eigenvalue weighted by atomic mass is 10.1. The first-order valence-electron chi connectivity index (χ1n) is 11.7. The summed E-state index contributed by atoms with van der Waals surface area (Å²) in [7, 11) is 0. The number of rotatable bonds is 13. The number of hydrogen-bond acceptors (Lipinski definition) is 9. The van der Waals surface area contributed by atoms with Crippen LogP contribution in [0.2, 0.25) is 0 Å². The fourth-order valence-electron chi connectivity index (χ4n) is 3.51. The molecule has 4 rings (SSSR count). The standard InChI is InChI=1S/C25H32N6O3/c1-17(2)16-28-25-30-23(29-24(31-25)27-11-13-33-15-14-32-12-10-26)20-8-5-7-19-18-6-3-4-9-21(18)34-22(19)20/h3-9,17H,10-16,26H2,1-2H3,(H2,27,28,29,30,31). The van der Waals surface area contributed by atoms with Crippen molar-refractivity contribution >= 4 is 33.8 Å². The van der Waals surface area contributed by atoms with Gasteiger partial charge in [-0.05, 0) is 18.1 Å². The average molecular weight is 465 g/mol. The molecule has 0 saturated heterocycles. The monoisotopic (exact) mass is 464 g/mol. The van der Waals surface area contributed by atoms with Gasteiger partial charge in [-0.3, -0.25) is 0 Å². The molecular weight excluding hydrogens is 432 g/mol. The molecule has 0 unspecified atom stereocenters. The van der Waals surface area contributed by atoms with Crippen LogP contribution in [0.4, 0.5) is 11.9 Å². The van der Waals surface area contributed by atoms with Gasteiger partial charge in [0.05, 0.1) is 32.0 Å². The van der Waals surface area contributed by atoms with Crippen LogP contribution in [-0.4, -0.2) is 61.0 Å². The molecule has 34 heavy (non-hydrogen) atoms. The number of nitrogens with two attached hydrogens (primary N) is 1. The number of aromatic nitrogens is 3. The lowest BCUT2D eigenvalue weighted by Crippen LogP contribution is -2.17. The summed E-state index contributed by atoms with van der Waals surface area (Å²) in [6, 6.07) is 14.0. The van der Waals surface area contributed by atoms with E-state index in [2.05, 4.69) is 46.6 Å². The topological polar surface area (TPSA) is 120 Å². The second kappa shape index (κ2) is 11.7. The van der Waals surface area contributed by atoms with E-state index in [4.69, 9.17) is 24.6 Å². The van der Waals surface area contributed by atoms with Gasteiger partial charge in [0, 0.05) is 30.4 Å². The van der Waals surface area contributed by atoms with Gasteiger partial charge in [-0.15, -0.1) is 0 Å². The van der Waals surface area contributed by atoms with Gasteiger partial charge in [-0.2, -0.15) is 15.0 Å². The molecule has 0 fully saturated rings. The quantitative estimate of drug-likeness (QED) is 0.253. The Balaban J connectivity index is 1.55. The zero-order valence-corrected chi connectivity index (χ0v) is 19.7. The lowest BCUT2D eigenvalue weighted by Gasteiger charge is -2.12. The van der Waals surface area contributed by atoms with E-state index in [0.29, 0.717) is 63.2 Å². The van der Waals surface area contributed by atoms with E-state index in [1.165, 1.54) is 0 Å². The van der Waals surface area contributed by atoms with Gasteiger partial charge in [0.25, 0.3) is 0 Å². The molecule has 0 aliphatic heterocycles. The lowest BCUT2D eigenvalue weighted by molar-refractivity contribution is 0.0547. The van der Waals surface area contributed by atoms with Crippen molar-refractivity contribution in [3.8, 4) is 11.4 Å². The van der Waals surface area contributed by atoms with E-state index in [-0.39, 0.29) is 0 Å². The summed E-state index contributed by atoms with van der Waals surface area (Å²) in [5.74, 6) is 1.99. The van der Waals surface area contributed by atoms with E-state index < -0.39 is 0 Å². The molecule has 4 aromatic rings. The Morgan fingerprint density at radius 2 is 1.59 bits per heavy atom. The fraction of sp³-hybridized carbons (Fsp3) is 0.400. The van der Waals surface area contributed by atoms with E-state index >= 15 is 0 Å². The number of benzene rings is 2. The number of anilines is 2. The maximum absolute atomic E-state index is 6.19. The van der Waals surface area contributed by atoms with Crippen LogP contribution < -0.4 is 16.4 Å². The summed E-state index contributed by atoms with van der Waals surface area (Å²) >= 11 is 0. The third-order valence-electron chi connectivity index (χ3n) is 5.11. The summed E-state index contributed by atoms with van der Waals surface area (Å²) in [4.78, 5) is 13.9. The number of hydrogen-bond donors (Lipinski definition) is 3. The Labute approximate surface area is 199 Å². The predicted molar refractivity (Wildman–Crippen MR) is 135 cm³/mol. The largest absolute Gasteiger partial charge is 0.455 e. The first kappa shape index (κ1) is 23.9. The maximum atomic E-state index is 6.19. The summed E-state index contributed by atoms with van der Waals surface area (Å²) < 4.78 is 17.1. The summed E-state index contributed by atoms with van der Waals surface area (Å²) in [6.45, 7) is 8.17. The average Bonchev–Trinajstić information content (AvgIpc) is 3.23. The van der Waals surface area contributed by atoms with E-state index in [1.807, 2.05) is 30.3 Å². The SMILES string of the molecule is CC(C)CNc1nc(NCCOCCOCCN)nc(-c2cccc3c2oc2ccccc23)n1. The number of nitrogens with one attached hydrogen (secondary N) is 2. The molecule has 0 radical (unpaired) electrons. The summed E-state index contributed by atoms with van der Waals surface area (Å²) in [5.41, 5.74) is 7.82. The van der Waals surface area contributed by atoms with Crippen LogP contribution in [0.25, 0.3) is 33.3 Å². The number of furan rings is 1. The molecule has 4 N–H and O–H groups in total. The highest BCUT2D eigenvalue weighted by Crippen LogP contribution is 2.34. The maximum Gasteiger partial charge on any atom is 0.228 e. The molecule has 0 aliphatic rings. The molecule has 9 heteroatoms. The molecule has 2 heterocycles. The molecule has 0 saturated carbocycles. The first-order chi connectivity index (χ1) is 16.7. The van der Waals surface area contributed by atoms with E-state index in [0.717, 1.165) is 34.0 Å². The summed E-state index contributed by atoms with van der Waals surface area (Å²) in [5, 5.41) is 8.65. The minimum atomic E-state index is 0.449. The van der Waals surface area contributed by atoms with Crippen LogP contribution in [0, 0.1) is 5.92 Å². The van der Waals surface area contributed by atoms with Crippen molar-refractivity contribution in [1.82, 2.24) is 15.0 Å². The molecule has 0 aliphatic carbocycles. The molecule has 180 valence electrons. The highest BCUT2D eigenvalue weighted by atomic mass is 16.5. The van der Waals surface area contributed by atoms with Crippen molar-refractivity contribution in [3.05, 3.63) is 42.5 Å². The molecule has 0 amide bonds. The fourth-order valence-corrected chi connectivity index (χ4v) is 3.51. The van der Waals surface area contributed by atoms with Crippen LogP contribution in [0.5, 0.6) is 0 Å². The number of nitrogens with zero attached hydrogens (tertiary/aromatic N) is 3. The number of para-hydroxylation sites is 2. The molecule has 0 bridgehead atoms. The first-order valence-corrected chi connectivity index (χ1v) is 11.7. The van der Waals surface area contributed by atoms with Gasteiger partial charge < -0.3 is 30.3 Å². The minimum Gasteiger partial charge on any atom is -0.455 e. The Morgan fingerprint density at radius 3 is 2.38 bits per heavy atom. The van der Waals surface area contributed by atoms with E-state index in [9.17, 15) is 0 Å². The van der Waals surface area contributed by atoms with Crippen molar-refractivity contribution in [2.45, 2.75) is 13.8 Å². The van der Waals surface area contributed by atoms with Gasteiger partial charge in [0.2, 0.25) is 11.9 Å². The zero-order valence-electron chi connectivity index (χ0n) is 19.7. The predicted octanol–water partition coefficient (Wildman–Crippen LogP) is 3.91. The van der Waals surface area contributed by atoms with Crippen molar-refractivity contribution < 1.29 is 13.9 Å². The molecule has 9 nitrogen and oxygen atoms in total. The van der Waals surface area contributed by atoms with Crippen molar-refractivity contribution in [2.24, 2.45) is 11.7 Å². The van der Waals surface area contributed by atoms with Crippen LogP contribution in [-0.2, 0) is 9.47 Å². The van der Waals surface area contributed by atoms with Gasteiger partial charge in [-0.1, -0.05) is 44.2 Å². The molecular formula is C25H32N6O3. The molecule has 0 atom stereocenters. The summed E-state index contributed by atoms with van der Waals surface area (Å²) in [6.07, 6.45) is 0. The molecule has 2 aromatic heterocycles. The van der Waals surface area contributed by atoms with Crippen LogP contribution in [0.3, 0.4) is 0 Å². The van der Waals surface area contributed by atoms with Crippen molar-refractivity contribution in [3.63, 3.8) is 0 Å². The van der Waals surface area contributed by atoms with Gasteiger partial charge in [0.1, 0.15) is 11.2 Å². The van der Waals surface area contributed by atoms with Crippen LogP contribution >= 0.6 is 0 Å². The minimum absolute atomic E-state index is 0.449. The van der Waals surface area contributed by atoms with Gasteiger partial charge in [0.15, 0.2) is 5.82 Å². The zero-order chi connectivity index (χ0) is 23.8. The number of ether oxygens (including phenoxy) is 2.